The predicted molar refractivity (Wildman–Crippen MR) is 191 cm³/mol. The van der Waals surface area contributed by atoms with Gasteiger partial charge in [-0.1, -0.05) is 115 Å². The van der Waals surface area contributed by atoms with Crippen molar-refractivity contribution in [2.45, 2.75) is 0 Å². The zero-order valence-electron chi connectivity index (χ0n) is 24.4. The third kappa shape index (κ3) is 3.76. The molecule has 3 heterocycles. The summed E-state index contributed by atoms with van der Waals surface area (Å²) in [5.74, 6) is 1.89. The molecular weight excluding hydrogens is 583 g/mol. The normalized spacial score (nSPS) is 11.9. The van der Waals surface area contributed by atoms with Gasteiger partial charge < -0.3 is 4.42 Å². The van der Waals surface area contributed by atoms with Crippen molar-refractivity contribution in [1.29, 1.82) is 0 Å². The monoisotopic (exact) mass is 605 g/mol. The molecule has 0 aliphatic rings. The van der Waals surface area contributed by atoms with Crippen LogP contribution in [0.15, 0.2) is 144 Å². The molecule has 0 bridgehead atoms. The van der Waals surface area contributed by atoms with Crippen LogP contribution in [0.3, 0.4) is 0 Å². The maximum Gasteiger partial charge on any atom is 0.164 e. The topological polar surface area (TPSA) is 51.8 Å². The highest BCUT2D eigenvalue weighted by Gasteiger charge is 2.20. The Kier molecular flexibility index (Phi) is 5.41. The van der Waals surface area contributed by atoms with Crippen LogP contribution in [0.1, 0.15) is 0 Å². The van der Waals surface area contributed by atoms with Crippen LogP contribution in [0.5, 0.6) is 0 Å². The van der Waals surface area contributed by atoms with E-state index in [2.05, 4.69) is 91.0 Å². The van der Waals surface area contributed by atoms with Gasteiger partial charge in [-0.05, 0) is 40.4 Å². The van der Waals surface area contributed by atoms with Crippen LogP contribution >= 0.6 is 11.3 Å². The first-order chi connectivity index (χ1) is 22.8. The number of nitrogens with zero attached hydrogens (tertiary/aromatic N) is 3. The second kappa shape index (κ2) is 9.80. The minimum absolute atomic E-state index is 0.616. The molecule has 0 aliphatic heterocycles. The Balaban J connectivity index is 1.32. The minimum atomic E-state index is 0.616. The van der Waals surface area contributed by atoms with E-state index >= 15 is 0 Å². The van der Waals surface area contributed by atoms with Gasteiger partial charge in [0.2, 0.25) is 0 Å². The lowest BCUT2D eigenvalue weighted by atomic mass is 9.95. The molecule has 0 radical (unpaired) electrons. The summed E-state index contributed by atoms with van der Waals surface area (Å²) in [4.78, 5) is 15.5. The minimum Gasteiger partial charge on any atom is -0.456 e. The number of hydrogen-bond acceptors (Lipinski definition) is 5. The molecule has 4 nitrogen and oxygen atoms in total. The number of furan rings is 1. The highest BCUT2D eigenvalue weighted by atomic mass is 32.1. The van der Waals surface area contributed by atoms with Crippen LogP contribution in [0.2, 0.25) is 0 Å². The summed E-state index contributed by atoms with van der Waals surface area (Å²) in [5.41, 5.74) is 4.49. The Morgan fingerprint density at radius 3 is 2.00 bits per heavy atom. The Morgan fingerprint density at radius 2 is 1.11 bits per heavy atom. The third-order valence-corrected chi connectivity index (χ3v) is 10.1. The zero-order chi connectivity index (χ0) is 30.2. The van der Waals surface area contributed by atoms with E-state index in [1.54, 1.807) is 0 Å². The molecule has 10 rings (SSSR count). The molecule has 7 aromatic carbocycles. The second-order valence-corrected chi connectivity index (χ2v) is 12.6. The van der Waals surface area contributed by atoms with Gasteiger partial charge in [0.25, 0.3) is 0 Å². The van der Waals surface area contributed by atoms with Crippen molar-refractivity contribution >= 4 is 75.0 Å². The molecule has 0 spiro atoms. The second-order valence-electron chi connectivity index (χ2n) is 11.6. The van der Waals surface area contributed by atoms with Crippen LogP contribution in [0.25, 0.3) is 97.8 Å². The molecule has 0 aliphatic carbocycles. The summed E-state index contributed by atoms with van der Waals surface area (Å²) in [5, 5.41) is 9.35. The van der Waals surface area contributed by atoms with Gasteiger partial charge in [-0.25, -0.2) is 15.0 Å². The fraction of sp³-hybridized carbons (Fsp3) is 0. The van der Waals surface area contributed by atoms with Crippen LogP contribution < -0.4 is 0 Å². The van der Waals surface area contributed by atoms with E-state index in [1.165, 1.54) is 30.9 Å². The molecule has 0 unspecified atom stereocenters. The molecule has 10 aromatic rings. The number of hydrogen-bond donors (Lipinski definition) is 0. The summed E-state index contributed by atoms with van der Waals surface area (Å²) < 4.78 is 8.81. The number of aromatic nitrogens is 3. The van der Waals surface area contributed by atoms with Crippen LogP contribution in [0.4, 0.5) is 0 Å². The molecule has 5 heteroatoms. The van der Waals surface area contributed by atoms with E-state index in [0.29, 0.717) is 17.5 Å². The van der Waals surface area contributed by atoms with Gasteiger partial charge in [0.1, 0.15) is 11.2 Å². The molecule has 214 valence electrons. The zero-order valence-corrected chi connectivity index (χ0v) is 25.3. The van der Waals surface area contributed by atoms with Gasteiger partial charge in [0.05, 0.1) is 0 Å². The average molecular weight is 606 g/mol. The van der Waals surface area contributed by atoms with Crippen molar-refractivity contribution in [1.82, 2.24) is 15.0 Å². The van der Waals surface area contributed by atoms with Crippen molar-refractivity contribution in [3.8, 4) is 34.2 Å². The molecule has 0 fully saturated rings. The lowest BCUT2D eigenvalue weighted by Gasteiger charge is -2.13. The molecule has 46 heavy (non-hydrogen) atoms. The highest BCUT2D eigenvalue weighted by molar-refractivity contribution is 7.26. The van der Waals surface area contributed by atoms with E-state index in [9.17, 15) is 0 Å². The Morgan fingerprint density at radius 1 is 0.435 bits per heavy atom. The van der Waals surface area contributed by atoms with Gasteiger partial charge in [-0.3, -0.25) is 0 Å². The molecule has 0 N–H and O–H groups in total. The third-order valence-electron chi connectivity index (χ3n) is 8.92. The number of fused-ring (bicyclic) bond motifs is 10. The van der Waals surface area contributed by atoms with Crippen molar-refractivity contribution < 1.29 is 4.42 Å². The Bertz CT molecular complexity index is 2820. The molecule has 0 atom stereocenters. The van der Waals surface area contributed by atoms with Crippen molar-refractivity contribution in [3.63, 3.8) is 0 Å². The summed E-state index contributed by atoms with van der Waals surface area (Å²) in [6, 6.07) is 48.4. The first-order valence-electron chi connectivity index (χ1n) is 15.3. The first kappa shape index (κ1) is 25.4. The number of para-hydroxylation sites is 1. The van der Waals surface area contributed by atoms with Crippen LogP contribution in [0, 0.1) is 0 Å². The van der Waals surface area contributed by atoms with Crippen LogP contribution in [-0.4, -0.2) is 15.0 Å². The van der Waals surface area contributed by atoms with Crippen LogP contribution in [-0.2, 0) is 0 Å². The summed E-state index contributed by atoms with van der Waals surface area (Å²) in [7, 11) is 0. The summed E-state index contributed by atoms with van der Waals surface area (Å²) in [6.45, 7) is 0. The maximum atomic E-state index is 6.25. The molecule has 0 amide bonds. The van der Waals surface area contributed by atoms with Crippen molar-refractivity contribution in [2.24, 2.45) is 0 Å². The largest absolute Gasteiger partial charge is 0.456 e. The molecule has 0 saturated carbocycles. The quantitative estimate of drug-likeness (QED) is 0.188. The molecular formula is C41H23N3OS. The van der Waals surface area contributed by atoms with Gasteiger partial charge in [-0.2, -0.15) is 0 Å². The fourth-order valence-electron chi connectivity index (χ4n) is 6.84. The maximum absolute atomic E-state index is 6.25. The number of rotatable bonds is 3. The number of benzene rings is 7. The van der Waals surface area contributed by atoms with Gasteiger partial charge in [0.15, 0.2) is 17.5 Å². The Labute approximate surface area is 267 Å². The Hall–Kier alpha value is -5.91. The fourth-order valence-corrected chi connectivity index (χ4v) is 8.11. The van der Waals surface area contributed by atoms with E-state index in [0.717, 1.165) is 49.4 Å². The van der Waals surface area contributed by atoms with E-state index in [4.69, 9.17) is 19.4 Å². The van der Waals surface area contributed by atoms with Crippen molar-refractivity contribution in [3.05, 3.63) is 140 Å². The predicted octanol–water partition coefficient (Wildman–Crippen LogP) is 11.4. The lowest BCUT2D eigenvalue weighted by Crippen LogP contribution is -2.01. The summed E-state index contributed by atoms with van der Waals surface area (Å²) >= 11 is 1.85. The average Bonchev–Trinajstić information content (AvgIpc) is 3.70. The highest BCUT2D eigenvalue weighted by Crippen LogP contribution is 2.44. The van der Waals surface area contributed by atoms with Gasteiger partial charge in [0, 0.05) is 53.0 Å². The van der Waals surface area contributed by atoms with E-state index in [-0.39, 0.29) is 0 Å². The van der Waals surface area contributed by atoms with Gasteiger partial charge >= 0.3 is 0 Å². The summed E-state index contributed by atoms with van der Waals surface area (Å²) in [6.07, 6.45) is 0. The molecule has 3 aromatic heterocycles. The first-order valence-corrected chi connectivity index (χ1v) is 16.1. The van der Waals surface area contributed by atoms with Crippen molar-refractivity contribution in [2.75, 3.05) is 0 Å². The standard InChI is InChI=1S/C41H23N3OS/c1-2-11-24(12-3-1)39-42-40(31-17-10-19-34-36(31)30-16-6-8-18-33(30)45-34)44-41(43-39)32-23-25-13-4-5-14-26(25)37-28(32)21-22-29-27-15-7-9-20-35(27)46-38(29)37/h1-23H. The number of thiophene rings is 1. The lowest BCUT2D eigenvalue weighted by molar-refractivity contribution is 0.669. The van der Waals surface area contributed by atoms with E-state index < -0.39 is 0 Å². The van der Waals surface area contributed by atoms with E-state index in [1.807, 2.05) is 59.9 Å². The smallest absolute Gasteiger partial charge is 0.164 e. The SMILES string of the molecule is c1ccc(-c2nc(-c3cc4ccccc4c4c3ccc3c5ccccc5sc34)nc(-c3cccc4oc5ccccc5c34)n2)cc1. The van der Waals surface area contributed by atoms with Gasteiger partial charge in [-0.15, -0.1) is 11.3 Å². The molecule has 0 saturated heterocycles.